The summed E-state index contributed by atoms with van der Waals surface area (Å²) in [5.74, 6) is 0. The third-order valence-electron chi connectivity index (χ3n) is 3.12. The number of fused-ring (bicyclic) bond motifs is 1. The fraction of sp³-hybridized carbons (Fsp3) is 0.0714. The molecule has 2 aromatic heterocycles. The zero-order valence-electron chi connectivity index (χ0n) is 10.6. The number of nitro groups is 1. The van der Waals surface area contributed by atoms with Crippen molar-refractivity contribution in [3.05, 3.63) is 63.4 Å². The summed E-state index contributed by atoms with van der Waals surface area (Å²) in [5, 5.41) is 11.1. The summed E-state index contributed by atoms with van der Waals surface area (Å²) >= 11 is 5.82. The van der Waals surface area contributed by atoms with Crippen LogP contribution in [-0.2, 0) is 0 Å². The molecule has 6 heteroatoms. The molecule has 5 nitrogen and oxygen atoms in total. The highest BCUT2D eigenvalue weighted by atomic mass is 35.5. The van der Waals surface area contributed by atoms with E-state index >= 15 is 0 Å². The lowest BCUT2D eigenvalue weighted by atomic mass is 10.1. The van der Waals surface area contributed by atoms with Crippen LogP contribution in [0, 0.1) is 17.0 Å². The van der Waals surface area contributed by atoms with Crippen molar-refractivity contribution in [2.75, 3.05) is 0 Å². The van der Waals surface area contributed by atoms with Gasteiger partial charge in [0.05, 0.1) is 10.6 Å². The molecule has 0 N–H and O–H groups in total. The van der Waals surface area contributed by atoms with Gasteiger partial charge in [-0.25, -0.2) is 4.98 Å². The Labute approximate surface area is 119 Å². The van der Waals surface area contributed by atoms with E-state index in [0.29, 0.717) is 11.3 Å². The Balaban J connectivity index is 2.18. The van der Waals surface area contributed by atoms with Crippen LogP contribution in [0.2, 0.25) is 5.02 Å². The molecule has 0 aliphatic carbocycles. The lowest BCUT2D eigenvalue weighted by molar-refractivity contribution is -0.384. The van der Waals surface area contributed by atoms with E-state index in [9.17, 15) is 10.1 Å². The molecule has 0 unspecified atom stereocenters. The van der Waals surface area contributed by atoms with Crippen LogP contribution < -0.4 is 0 Å². The second-order valence-corrected chi connectivity index (χ2v) is 4.88. The van der Waals surface area contributed by atoms with E-state index in [2.05, 4.69) is 4.98 Å². The predicted octanol–water partition coefficient (Wildman–Crippen LogP) is 3.87. The van der Waals surface area contributed by atoms with Crippen molar-refractivity contribution in [1.29, 1.82) is 0 Å². The summed E-state index contributed by atoms with van der Waals surface area (Å²) in [7, 11) is 0. The monoisotopic (exact) mass is 287 g/mol. The fourth-order valence-electron chi connectivity index (χ4n) is 2.10. The third kappa shape index (κ3) is 2.02. The Morgan fingerprint density at radius 3 is 2.85 bits per heavy atom. The number of nitrogens with zero attached hydrogens (tertiary/aromatic N) is 3. The second kappa shape index (κ2) is 4.61. The van der Waals surface area contributed by atoms with Crippen LogP contribution in [0.3, 0.4) is 0 Å². The van der Waals surface area contributed by atoms with Gasteiger partial charge in [0, 0.05) is 24.0 Å². The first-order chi connectivity index (χ1) is 9.56. The van der Waals surface area contributed by atoms with Crippen molar-refractivity contribution in [3.8, 4) is 11.3 Å². The van der Waals surface area contributed by atoms with Gasteiger partial charge in [0.15, 0.2) is 0 Å². The number of rotatable bonds is 2. The molecule has 20 heavy (non-hydrogen) atoms. The highest BCUT2D eigenvalue weighted by Crippen LogP contribution is 2.30. The van der Waals surface area contributed by atoms with Gasteiger partial charge in [-0.2, -0.15) is 0 Å². The maximum atomic E-state index is 10.9. The number of pyridine rings is 1. The van der Waals surface area contributed by atoms with Gasteiger partial charge in [-0.1, -0.05) is 23.7 Å². The minimum Gasteiger partial charge on any atom is -0.306 e. The number of aryl methyl sites for hydroxylation is 1. The molecule has 3 aromatic rings. The van der Waals surface area contributed by atoms with Crippen molar-refractivity contribution in [1.82, 2.24) is 9.38 Å². The highest BCUT2D eigenvalue weighted by molar-refractivity contribution is 6.32. The molecule has 3 rings (SSSR count). The lowest BCUT2D eigenvalue weighted by Crippen LogP contribution is -1.90. The van der Waals surface area contributed by atoms with Crippen LogP contribution in [0.15, 0.2) is 42.7 Å². The maximum absolute atomic E-state index is 10.9. The van der Waals surface area contributed by atoms with E-state index < -0.39 is 4.92 Å². The van der Waals surface area contributed by atoms with E-state index in [4.69, 9.17) is 11.6 Å². The SMILES string of the molecule is Cc1cccn2cc(-c3ccc(Cl)c([N+](=O)[O-])c3)nc12. The number of aromatic nitrogens is 2. The molecule has 0 atom stereocenters. The van der Waals surface area contributed by atoms with E-state index in [1.807, 2.05) is 35.9 Å². The van der Waals surface area contributed by atoms with Crippen molar-refractivity contribution in [2.24, 2.45) is 0 Å². The van der Waals surface area contributed by atoms with Gasteiger partial charge < -0.3 is 4.40 Å². The van der Waals surface area contributed by atoms with E-state index in [0.717, 1.165) is 11.2 Å². The number of halogens is 1. The first kappa shape index (κ1) is 12.6. The van der Waals surface area contributed by atoms with Gasteiger partial charge in [0.2, 0.25) is 0 Å². The van der Waals surface area contributed by atoms with Crippen LogP contribution in [0.5, 0.6) is 0 Å². The molecule has 0 spiro atoms. The van der Waals surface area contributed by atoms with Gasteiger partial charge in [0.25, 0.3) is 5.69 Å². The largest absolute Gasteiger partial charge is 0.306 e. The normalized spacial score (nSPS) is 10.9. The minimum atomic E-state index is -0.493. The van der Waals surface area contributed by atoms with Crippen LogP contribution >= 0.6 is 11.6 Å². The number of benzene rings is 1. The molecule has 0 aliphatic heterocycles. The standard InChI is InChI=1S/C14H10ClN3O2/c1-9-3-2-6-17-8-12(16-14(9)17)10-4-5-11(15)13(7-10)18(19)20/h2-8H,1H3. The fourth-order valence-corrected chi connectivity index (χ4v) is 2.29. The van der Waals surface area contributed by atoms with E-state index in [-0.39, 0.29) is 10.7 Å². The van der Waals surface area contributed by atoms with Crippen LogP contribution in [0.25, 0.3) is 16.9 Å². The van der Waals surface area contributed by atoms with Gasteiger partial charge >= 0.3 is 0 Å². The Hall–Kier alpha value is -2.40. The van der Waals surface area contributed by atoms with Gasteiger partial charge in [-0.15, -0.1) is 0 Å². The quantitative estimate of drug-likeness (QED) is 0.531. The summed E-state index contributed by atoms with van der Waals surface area (Å²) in [5.41, 5.74) is 3.11. The maximum Gasteiger partial charge on any atom is 0.288 e. The average molecular weight is 288 g/mol. The van der Waals surface area contributed by atoms with E-state index in [1.165, 1.54) is 12.1 Å². The Bertz CT molecular complexity index is 826. The molecule has 0 bridgehead atoms. The van der Waals surface area contributed by atoms with Crippen molar-refractivity contribution >= 4 is 22.9 Å². The Kier molecular flexibility index (Phi) is 2.91. The van der Waals surface area contributed by atoms with Crippen LogP contribution in [0.1, 0.15) is 5.56 Å². The van der Waals surface area contributed by atoms with E-state index in [1.54, 1.807) is 6.07 Å². The van der Waals surface area contributed by atoms with Gasteiger partial charge in [-0.3, -0.25) is 10.1 Å². The molecule has 0 saturated heterocycles. The summed E-state index contributed by atoms with van der Waals surface area (Å²) in [6.07, 6.45) is 3.73. The molecule has 2 heterocycles. The first-order valence-electron chi connectivity index (χ1n) is 5.95. The third-order valence-corrected chi connectivity index (χ3v) is 3.44. The Morgan fingerprint density at radius 2 is 2.15 bits per heavy atom. The molecule has 100 valence electrons. The van der Waals surface area contributed by atoms with Crippen LogP contribution in [0.4, 0.5) is 5.69 Å². The molecule has 0 amide bonds. The topological polar surface area (TPSA) is 60.4 Å². The molecule has 1 aromatic carbocycles. The highest BCUT2D eigenvalue weighted by Gasteiger charge is 2.15. The zero-order chi connectivity index (χ0) is 14.3. The smallest absolute Gasteiger partial charge is 0.288 e. The van der Waals surface area contributed by atoms with Crippen molar-refractivity contribution in [2.45, 2.75) is 6.92 Å². The number of imidazole rings is 1. The average Bonchev–Trinajstić information content (AvgIpc) is 2.84. The Morgan fingerprint density at radius 1 is 1.35 bits per heavy atom. The minimum absolute atomic E-state index is 0.113. The zero-order valence-corrected chi connectivity index (χ0v) is 11.3. The van der Waals surface area contributed by atoms with Crippen LogP contribution in [-0.4, -0.2) is 14.3 Å². The second-order valence-electron chi connectivity index (χ2n) is 4.47. The summed E-state index contributed by atoms with van der Waals surface area (Å²) in [4.78, 5) is 14.9. The van der Waals surface area contributed by atoms with Crippen molar-refractivity contribution in [3.63, 3.8) is 0 Å². The molecule has 0 aliphatic rings. The molecular formula is C14H10ClN3O2. The summed E-state index contributed by atoms with van der Waals surface area (Å²) < 4.78 is 1.89. The summed E-state index contributed by atoms with van der Waals surface area (Å²) in [6, 6.07) is 8.59. The number of hydrogen-bond donors (Lipinski definition) is 0. The summed E-state index contributed by atoms with van der Waals surface area (Å²) in [6.45, 7) is 1.97. The number of hydrogen-bond acceptors (Lipinski definition) is 3. The molecule has 0 fully saturated rings. The predicted molar refractivity (Wildman–Crippen MR) is 77.0 cm³/mol. The molecular weight excluding hydrogens is 278 g/mol. The number of nitro benzene ring substituents is 1. The molecule has 0 saturated carbocycles. The van der Waals surface area contributed by atoms with Gasteiger partial charge in [0.1, 0.15) is 10.7 Å². The molecule has 0 radical (unpaired) electrons. The first-order valence-corrected chi connectivity index (χ1v) is 6.32. The lowest BCUT2D eigenvalue weighted by Gasteiger charge is -1.98. The van der Waals surface area contributed by atoms with Gasteiger partial charge in [-0.05, 0) is 24.6 Å². The van der Waals surface area contributed by atoms with Crippen molar-refractivity contribution < 1.29 is 4.92 Å².